The van der Waals surface area contributed by atoms with Gasteiger partial charge in [-0.3, -0.25) is 4.79 Å². The molecule has 1 aromatic carbocycles. The van der Waals surface area contributed by atoms with Gasteiger partial charge in [-0.15, -0.1) is 0 Å². The van der Waals surface area contributed by atoms with Gasteiger partial charge in [0.2, 0.25) is 5.91 Å². The Kier molecular flexibility index (Phi) is 12.7. The van der Waals surface area contributed by atoms with Crippen molar-refractivity contribution in [1.29, 1.82) is 0 Å². The first-order chi connectivity index (χ1) is 12.4. The summed E-state index contributed by atoms with van der Waals surface area (Å²) >= 11 is 6.16. The van der Waals surface area contributed by atoms with Crippen molar-refractivity contribution in [3.8, 4) is 0 Å². The van der Waals surface area contributed by atoms with Crippen LogP contribution < -0.4 is 5.32 Å². The topological polar surface area (TPSA) is 66.4 Å². The first-order valence-corrected chi connectivity index (χ1v) is 12.3. The van der Waals surface area contributed by atoms with Crippen molar-refractivity contribution in [2.75, 3.05) is 5.32 Å². The van der Waals surface area contributed by atoms with E-state index in [-0.39, 0.29) is 11.5 Å². The lowest BCUT2D eigenvalue weighted by Crippen LogP contribution is -2.16. The highest BCUT2D eigenvalue weighted by molar-refractivity contribution is 14.1. The number of rotatable bonds is 12. The Morgan fingerprint density at radius 2 is 1.46 bits per heavy atom. The standard InChI is InChI=1S/C19H26I3NO3/c1-2-3-4-5-6-7-8-9-10-11-15(24)23-18-14(21)12-13(20)16(17(18)22)19(25)26/h12H,2-11H2,1H3,(H,23,24)(H,25,26). The maximum atomic E-state index is 12.2. The zero-order valence-corrected chi connectivity index (χ0v) is 21.5. The minimum Gasteiger partial charge on any atom is -0.478 e. The van der Waals surface area contributed by atoms with Crippen molar-refractivity contribution in [1.82, 2.24) is 0 Å². The van der Waals surface area contributed by atoms with E-state index >= 15 is 0 Å². The summed E-state index contributed by atoms with van der Waals surface area (Å²) in [6, 6.07) is 1.79. The number of unbranched alkanes of at least 4 members (excludes halogenated alkanes) is 8. The molecule has 0 spiro atoms. The molecule has 4 nitrogen and oxygen atoms in total. The van der Waals surface area contributed by atoms with Gasteiger partial charge in [0.25, 0.3) is 0 Å². The Morgan fingerprint density at radius 3 is 2.00 bits per heavy atom. The second-order valence-corrected chi connectivity index (χ2v) is 9.74. The smallest absolute Gasteiger partial charge is 0.337 e. The van der Waals surface area contributed by atoms with Gasteiger partial charge in [-0.1, -0.05) is 58.3 Å². The summed E-state index contributed by atoms with van der Waals surface area (Å²) in [6.45, 7) is 2.23. The minimum absolute atomic E-state index is 0.0404. The summed E-state index contributed by atoms with van der Waals surface area (Å²) in [5, 5.41) is 12.3. The maximum absolute atomic E-state index is 12.2. The van der Waals surface area contributed by atoms with Crippen molar-refractivity contribution >= 4 is 85.3 Å². The van der Waals surface area contributed by atoms with Crippen LogP contribution in [-0.4, -0.2) is 17.0 Å². The molecule has 26 heavy (non-hydrogen) atoms. The molecule has 0 radical (unpaired) electrons. The van der Waals surface area contributed by atoms with Crippen molar-refractivity contribution < 1.29 is 14.7 Å². The Balaban J connectivity index is 2.40. The van der Waals surface area contributed by atoms with Gasteiger partial charge >= 0.3 is 5.97 Å². The van der Waals surface area contributed by atoms with Crippen LogP contribution in [0, 0.1) is 10.7 Å². The molecule has 7 heteroatoms. The van der Waals surface area contributed by atoms with Crippen LogP contribution in [0.3, 0.4) is 0 Å². The highest BCUT2D eigenvalue weighted by Crippen LogP contribution is 2.32. The van der Waals surface area contributed by atoms with Crippen molar-refractivity contribution in [2.45, 2.75) is 71.1 Å². The van der Waals surface area contributed by atoms with E-state index in [2.05, 4.69) is 34.8 Å². The van der Waals surface area contributed by atoms with Gasteiger partial charge in [0.1, 0.15) is 0 Å². The van der Waals surface area contributed by atoms with E-state index in [1.54, 1.807) is 6.07 Å². The SMILES string of the molecule is CCCCCCCCCCCC(=O)Nc1c(I)cc(I)c(C(=O)O)c1I. The van der Waals surface area contributed by atoms with Crippen molar-refractivity contribution in [2.24, 2.45) is 0 Å². The van der Waals surface area contributed by atoms with Crippen LogP contribution in [0.15, 0.2) is 6.07 Å². The molecule has 0 saturated carbocycles. The van der Waals surface area contributed by atoms with Gasteiger partial charge in [0.15, 0.2) is 0 Å². The van der Waals surface area contributed by atoms with Gasteiger partial charge in [0.05, 0.1) is 14.8 Å². The molecule has 0 aliphatic rings. The Hall–Kier alpha value is 0.350. The molecule has 1 aromatic rings. The average molecular weight is 697 g/mol. The summed E-state index contributed by atoms with van der Waals surface area (Å²) < 4.78 is 2.13. The number of hydrogen-bond acceptors (Lipinski definition) is 2. The van der Waals surface area contributed by atoms with E-state index in [0.29, 0.717) is 19.2 Å². The summed E-state index contributed by atoms with van der Waals surface area (Å²) in [6.07, 6.45) is 11.4. The van der Waals surface area contributed by atoms with E-state index < -0.39 is 5.97 Å². The lowest BCUT2D eigenvalue weighted by molar-refractivity contribution is -0.116. The fraction of sp³-hybridized carbons (Fsp3) is 0.579. The lowest BCUT2D eigenvalue weighted by Gasteiger charge is -2.13. The molecular formula is C19H26I3NO3. The van der Waals surface area contributed by atoms with Crippen LogP contribution in [0.25, 0.3) is 0 Å². The normalized spacial score (nSPS) is 10.8. The quantitative estimate of drug-likeness (QED) is 0.182. The summed E-state index contributed by atoms with van der Waals surface area (Å²) in [5.74, 6) is -1.01. The number of aromatic carboxylic acids is 1. The summed E-state index contributed by atoms with van der Waals surface area (Å²) in [7, 11) is 0. The van der Waals surface area contributed by atoms with Gasteiger partial charge in [-0.25, -0.2) is 4.79 Å². The zero-order valence-electron chi connectivity index (χ0n) is 15.0. The maximum Gasteiger partial charge on any atom is 0.337 e. The Labute approximate surface area is 197 Å². The number of hydrogen-bond donors (Lipinski definition) is 2. The average Bonchev–Trinajstić information content (AvgIpc) is 2.56. The van der Waals surface area contributed by atoms with Crippen molar-refractivity contribution in [3.05, 3.63) is 22.3 Å². The molecule has 0 aliphatic heterocycles. The number of halogens is 3. The molecule has 2 N–H and O–H groups in total. The molecule has 0 aromatic heterocycles. The van der Waals surface area contributed by atoms with E-state index in [1.165, 1.54) is 44.9 Å². The van der Waals surface area contributed by atoms with E-state index in [1.807, 2.05) is 45.2 Å². The Bertz CT molecular complexity index is 621. The first-order valence-electron chi connectivity index (χ1n) is 9.09. The second-order valence-electron chi connectivity index (χ2n) is 6.34. The molecule has 1 rings (SSSR count). The largest absolute Gasteiger partial charge is 0.478 e. The second kappa shape index (κ2) is 13.5. The minimum atomic E-state index is -0.968. The van der Waals surface area contributed by atoms with Crippen LogP contribution in [0.1, 0.15) is 81.5 Å². The third-order valence-corrected chi connectivity index (χ3v) is 6.94. The van der Waals surface area contributed by atoms with Gasteiger partial charge in [-0.2, -0.15) is 0 Å². The Morgan fingerprint density at radius 1 is 0.923 bits per heavy atom. The van der Waals surface area contributed by atoms with E-state index in [9.17, 15) is 14.7 Å². The van der Waals surface area contributed by atoms with E-state index in [4.69, 9.17) is 0 Å². The molecular weight excluding hydrogens is 671 g/mol. The highest BCUT2D eigenvalue weighted by Gasteiger charge is 2.20. The molecule has 1 amide bonds. The van der Waals surface area contributed by atoms with Crippen LogP contribution in [-0.2, 0) is 4.79 Å². The molecule has 0 atom stereocenters. The number of nitrogens with one attached hydrogen (secondary N) is 1. The number of carbonyl (C=O) groups is 2. The van der Waals surface area contributed by atoms with E-state index in [0.717, 1.165) is 16.4 Å². The van der Waals surface area contributed by atoms with Crippen LogP contribution in [0.4, 0.5) is 5.69 Å². The van der Waals surface area contributed by atoms with Crippen LogP contribution in [0.5, 0.6) is 0 Å². The number of carboxylic acids is 1. The molecule has 0 aliphatic carbocycles. The molecule has 0 saturated heterocycles. The molecule has 0 heterocycles. The number of benzene rings is 1. The first kappa shape index (κ1) is 24.4. The molecule has 146 valence electrons. The number of carboxylic acid groups (broad SMARTS) is 1. The third kappa shape index (κ3) is 8.57. The summed E-state index contributed by atoms with van der Waals surface area (Å²) in [4.78, 5) is 23.6. The number of carbonyl (C=O) groups excluding carboxylic acids is 1. The lowest BCUT2D eigenvalue weighted by atomic mass is 10.1. The summed E-state index contributed by atoms with van der Waals surface area (Å²) in [5.41, 5.74) is 0.870. The molecule has 0 unspecified atom stereocenters. The predicted molar refractivity (Wildman–Crippen MR) is 132 cm³/mol. The molecule has 0 fully saturated rings. The number of amides is 1. The number of anilines is 1. The monoisotopic (exact) mass is 697 g/mol. The zero-order chi connectivity index (χ0) is 19.5. The van der Waals surface area contributed by atoms with Gasteiger partial charge < -0.3 is 10.4 Å². The van der Waals surface area contributed by atoms with Gasteiger partial charge in [0, 0.05) is 13.6 Å². The highest BCUT2D eigenvalue weighted by atomic mass is 127. The van der Waals surface area contributed by atoms with Gasteiger partial charge in [-0.05, 0) is 80.3 Å². The fourth-order valence-electron chi connectivity index (χ4n) is 2.70. The fourth-order valence-corrected chi connectivity index (χ4v) is 6.80. The van der Waals surface area contributed by atoms with Crippen LogP contribution in [0.2, 0.25) is 0 Å². The third-order valence-electron chi connectivity index (χ3n) is 4.16. The molecule has 0 bridgehead atoms. The van der Waals surface area contributed by atoms with Crippen molar-refractivity contribution in [3.63, 3.8) is 0 Å². The van der Waals surface area contributed by atoms with Crippen LogP contribution >= 0.6 is 67.8 Å². The predicted octanol–water partition coefficient (Wildman–Crippen LogP) is 7.06.